The molecular formula is C10H13BrS. The second-order valence-corrected chi connectivity index (χ2v) is 4.31. The molecule has 0 spiro atoms. The van der Waals surface area contributed by atoms with Crippen LogP contribution in [0.5, 0.6) is 0 Å². The number of hydrogen-bond acceptors (Lipinski definition) is 1. The summed E-state index contributed by atoms with van der Waals surface area (Å²) >= 11 is 5.29. The van der Waals surface area contributed by atoms with Crippen molar-refractivity contribution in [2.45, 2.75) is 12.8 Å². The SMILES string of the molecule is C=CCC(CBr)Cc1ccsc1. The predicted octanol–water partition coefficient (Wildman–Crippen LogP) is 3.88. The van der Waals surface area contributed by atoms with Crippen molar-refractivity contribution >= 4 is 27.3 Å². The summed E-state index contributed by atoms with van der Waals surface area (Å²) in [5.74, 6) is 0.706. The Morgan fingerprint density at radius 1 is 1.67 bits per heavy atom. The fourth-order valence-electron chi connectivity index (χ4n) is 1.18. The Morgan fingerprint density at radius 2 is 2.50 bits per heavy atom. The summed E-state index contributed by atoms with van der Waals surface area (Å²) in [6, 6.07) is 2.20. The summed E-state index contributed by atoms with van der Waals surface area (Å²) in [6.45, 7) is 3.76. The lowest BCUT2D eigenvalue weighted by atomic mass is 10.0. The Labute approximate surface area is 86.4 Å². The highest BCUT2D eigenvalue weighted by atomic mass is 79.9. The van der Waals surface area contributed by atoms with Gasteiger partial charge in [-0.1, -0.05) is 22.0 Å². The van der Waals surface area contributed by atoms with Crippen LogP contribution in [0.3, 0.4) is 0 Å². The zero-order chi connectivity index (χ0) is 8.81. The Balaban J connectivity index is 2.42. The molecule has 0 radical (unpaired) electrons. The number of thiophene rings is 1. The lowest BCUT2D eigenvalue weighted by Gasteiger charge is -2.09. The normalized spacial score (nSPS) is 12.8. The van der Waals surface area contributed by atoms with Crippen molar-refractivity contribution in [2.24, 2.45) is 5.92 Å². The molecule has 0 N–H and O–H groups in total. The lowest BCUT2D eigenvalue weighted by molar-refractivity contribution is 0.606. The van der Waals surface area contributed by atoms with Crippen LogP contribution in [0.25, 0.3) is 0 Å². The maximum atomic E-state index is 3.76. The van der Waals surface area contributed by atoms with Crippen molar-refractivity contribution in [1.29, 1.82) is 0 Å². The van der Waals surface area contributed by atoms with Crippen LogP contribution in [0.4, 0.5) is 0 Å². The molecule has 1 atom stereocenters. The van der Waals surface area contributed by atoms with E-state index >= 15 is 0 Å². The second-order valence-electron chi connectivity index (χ2n) is 2.88. The van der Waals surface area contributed by atoms with Gasteiger partial charge in [-0.3, -0.25) is 0 Å². The largest absolute Gasteiger partial charge is 0.152 e. The van der Waals surface area contributed by atoms with E-state index in [0.29, 0.717) is 5.92 Å². The van der Waals surface area contributed by atoms with Crippen molar-refractivity contribution in [2.75, 3.05) is 5.33 Å². The molecule has 0 amide bonds. The summed E-state index contributed by atoms with van der Waals surface area (Å²) in [5, 5.41) is 5.42. The van der Waals surface area contributed by atoms with E-state index in [9.17, 15) is 0 Å². The molecule has 0 bridgehead atoms. The third-order valence-corrected chi connectivity index (χ3v) is 3.47. The molecule has 0 aliphatic carbocycles. The van der Waals surface area contributed by atoms with Crippen LogP contribution in [0.15, 0.2) is 29.5 Å². The fourth-order valence-corrected chi connectivity index (χ4v) is 2.35. The van der Waals surface area contributed by atoms with Crippen LogP contribution >= 0.6 is 27.3 Å². The lowest BCUT2D eigenvalue weighted by Crippen LogP contribution is -2.03. The number of allylic oxidation sites excluding steroid dienone is 1. The molecule has 0 saturated carbocycles. The molecule has 1 heterocycles. The van der Waals surface area contributed by atoms with Gasteiger partial charge in [-0.05, 0) is 41.1 Å². The standard InChI is InChI=1S/C10H13BrS/c1-2-3-9(7-11)6-10-4-5-12-8-10/h2,4-5,8-9H,1,3,6-7H2. The summed E-state index contributed by atoms with van der Waals surface area (Å²) < 4.78 is 0. The van der Waals surface area contributed by atoms with Gasteiger partial charge in [-0.2, -0.15) is 11.3 Å². The molecular weight excluding hydrogens is 232 g/mol. The minimum absolute atomic E-state index is 0.706. The molecule has 66 valence electrons. The monoisotopic (exact) mass is 244 g/mol. The van der Waals surface area contributed by atoms with E-state index < -0.39 is 0 Å². The van der Waals surface area contributed by atoms with Gasteiger partial charge in [0.2, 0.25) is 0 Å². The van der Waals surface area contributed by atoms with E-state index in [2.05, 4.69) is 39.3 Å². The molecule has 1 aromatic rings. The van der Waals surface area contributed by atoms with Crippen molar-refractivity contribution in [3.8, 4) is 0 Å². The number of halogens is 1. The van der Waals surface area contributed by atoms with Gasteiger partial charge < -0.3 is 0 Å². The second kappa shape index (κ2) is 5.55. The fraction of sp³-hybridized carbons (Fsp3) is 0.400. The summed E-state index contributed by atoms with van der Waals surface area (Å²) in [5.41, 5.74) is 1.45. The van der Waals surface area contributed by atoms with Gasteiger partial charge in [0.15, 0.2) is 0 Å². The van der Waals surface area contributed by atoms with E-state index in [1.54, 1.807) is 11.3 Å². The summed E-state index contributed by atoms with van der Waals surface area (Å²) in [7, 11) is 0. The third-order valence-electron chi connectivity index (χ3n) is 1.82. The zero-order valence-electron chi connectivity index (χ0n) is 7.00. The predicted molar refractivity (Wildman–Crippen MR) is 60.1 cm³/mol. The maximum Gasteiger partial charge on any atom is 0.00658 e. The van der Waals surface area contributed by atoms with Crippen LogP contribution in [-0.4, -0.2) is 5.33 Å². The maximum absolute atomic E-state index is 3.76. The molecule has 12 heavy (non-hydrogen) atoms. The highest BCUT2D eigenvalue weighted by molar-refractivity contribution is 9.09. The van der Waals surface area contributed by atoms with Gasteiger partial charge in [0.1, 0.15) is 0 Å². The van der Waals surface area contributed by atoms with E-state index in [4.69, 9.17) is 0 Å². The Bertz CT molecular complexity index is 216. The van der Waals surface area contributed by atoms with Gasteiger partial charge >= 0.3 is 0 Å². The van der Waals surface area contributed by atoms with Crippen LogP contribution < -0.4 is 0 Å². The van der Waals surface area contributed by atoms with Gasteiger partial charge in [-0.15, -0.1) is 6.58 Å². The first-order chi connectivity index (χ1) is 5.86. The minimum atomic E-state index is 0.706. The van der Waals surface area contributed by atoms with Crippen molar-refractivity contribution in [1.82, 2.24) is 0 Å². The average Bonchev–Trinajstić information content (AvgIpc) is 2.56. The van der Waals surface area contributed by atoms with Gasteiger partial charge in [0, 0.05) is 5.33 Å². The van der Waals surface area contributed by atoms with Crippen LogP contribution in [-0.2, 0) is 6.42 Å². The topological polar surface area (TPSA) is 0 Å². The van der Waals surface area contributed by atoms with E-state index in [1.807, 2.05) is 6.08 Å². The molecule has 0 aliphatic heterocycles. The molecule has 0 aliphatic rings. The first-order valence-electron chi connectivity index (χ1n) is 4.04. The molecule has 1 rings (SSSR count). The highest BCUT2D eigenvalue weighted by Crippen LogP contribution is 2.17. The molecule has 2 heteroatoms. The van der Waals surface area contributed by atoms with Crippen LogP contribution in [0, 0.1) is 5.92 Å². The van der Waals surface area contributed by atoms with Gasteiger partial charge in [0.05, 0.1) is 0 Å². The number of rotatable bonds is 5. The smallest absolute Gasteiger partial charge is 0.00658 e. The molecule has 0 fully saturated rings. The Hall–Kier alpha value is -0.0800. The van der Waals surface area contributed by atoms with Crippen molar-refractivity contribution < 1.29 is 0 Å². The minimum Gasteiger partial charge on any atom is -0.152 e. The third kappa shape index (κ3) is 3.11. The average molecular weight is 245 g/mol. The molecule has 1 unspecified atom stereocenters. The number of alkyl halides is 1. The quantitative estimate of drug-likeness (QED) is 0.545. The van der Waals surface area contributed by atoms with E-state index in [0.717, 1.165) is 11.8 Å². The molecule has 1 aromatic heterocycles. The first-order valence-corrected chi connectivity index (χ1v) is 6.11. The summed E-state index contributed by atoms with van der Waals surface area (Å²) in [6.07, 6.45) is 4.26. The van der Waals surface area contributed by atoms with Crippen molar-refractivity contribution in [3.63, 3.8) is 0 Å². The van der Waals surface area contributed by atoms with Gasteiger partial charge in [-0.25, -0.2) is 0 Å². The Kier molecular flexibility index (Phi) is 4.62. The van der Waals surface area contributed by atoms with Gasteiger partial charge in [0.25, 0.3) is 0 Å². The van der Waals surface area contributed by atoms with E-state index in [1.165, 1.54) is 12.0 Å². The van der Waals surface area contributed by atoms with Crippen LogP contribution in [0.1, 0.15) is 12.0 Å². The first kappa shape index (κ1) is 10.0. The van der Waals surface area contributed by atoms with Crippen LogP contribution in [0.2, 0.25) is 0 Å². The molecule has 0 saturated heterocycles. The molecule has 0 nitrogen and oxygen atoms in total. The zero-order valence-corrected chi connectivity index (χ0v) is 9.40. The van der Waals surface area contributed by atoms with Crippen molar-refractivity contribution in [3.05, 3.63) is 35.0 Å². The Morgan fingerprint density at radius 3 is 3.00 bits per heavy atom. The molecule has 0 aromatic carbocycles. The number of hydrogen-bond donors (Lipinski definition) is 0. The summed E-state index contributed by atoms with van der Waals surface area (Å²) in [4.78, 5) is 0. The highest BCUT2D eigenvalue weighted by Gasteiger charge is 2.05. The van der Waals surface area contributed by atoms with E-state index in [-0.39, 0.29) is 0 Å².